The molecule has 1 aromatic heterocycles. The second kappa shape index (κ2) is 4.07. The predicted molar refractivity (Wildman–Crippen MR) is 71.6 cm³/mol. The van der Waals surface area contributed by atoms with E-state index in [2.05, 4.69) is 4.98 Å². The third kappa shape index (κ3) is 1.88. The summed E-state index contributed by atoms with van der Waals surface area (Å²) < 4.78 is 7.72. The van der Waals surface area contributed by atoms with Gasteiger partial charge < -0.3 is 15.0 Å². The van der Waals surface area contributed by atoms with E-state index in [1.165, 1.54) is 0 Å². The number of imidazole rings is 1. The van der Waals surface area contributed by atoms with Crippen LogP contribution in [-0.4, -0.2) is 9.55 Å². The first kappa shape index (κ1) is 10.7. The number of anilines is 1. The second-order valence-corrected chi connectivity index (χ2v) is 4.18. The number of nitrogens with two attached hydrogens (primary N) is 1. The van der Waals surface area contributed by atoms with Crippen LogP contribution in [0.4, 0.5) is 5.69 Å². The van der Waals surface area contributed by atoms with Gasteiger partial charge in [0, 0.05) is 18.8 Å². The van der Waals surface area contributed by atoms with E-state index in [-0.39, 0.29) is 0 Å². The van der Waals surface area contributed by atoms with Gasteiger partial charge in [-0.2, -0.15) is 0 Å². The minimum Gasteiger partial charge on any atom is -0.457 e. The fraction of sp³-hybridized carbons (Fsp3) is 0.0714. The van der Waals surface area contributed by atoms with Gasteiger partial charge in [0.1, 0.15) is 11.5 Å². The van der Waals surface area contributed by atoms with E-state index in [9.17, 15) is 0 Å². The number of fused-ring (bicyclic) bond motifs is 1. The van der Waals surface area contributed by atoms with Gasteiger partial charge in [-0.25, -0.2) is 4.98 Å². The summed E-state index contributed by atoms with van der Waals surface area (Å²) in [4.78, 5) is 4.30. The molecule has 18 heavy (non-hydrogen) atoms. The van der Waals surface area contributed by atoms with Gasteiger partial charge in [-0.05, 0) is 36.4 Å². The molecule has 0 atom stereocenters. The molecule has 0 aliphatic rings. The van der Waals surface area contributed by atoms with Gasteiger partial charge in [-0.1, -0.05) is 0 Å². The van der Waals surface area contributed by atoms with Gasteiger partial charge in [-0.15, -0.1) is 0 Å². The molecule has 0 radical (unpaired) electrons. The molecule has 4 nitrogen and oxygen atoms in total. The molecule has 1 heterocycles. The van der Waals surface area contributed by atoms with Gasteiger partial charge in [0.25, 0.3) is 0 Å². The van der Waals surface area contributed by atoms with Crippen molar-refractivity contribution >= 4 is 16.7 Å². The molecule has 0 fully saturated rings. The fourth-order valence-electron chi connectivity index (χ4n) is 1.85. The summed E-state index contributed by atoms with van der Waals surface area (Å²) in [6.45, 7) is 0. The van der Waals surface area contributed by atoms with E-state index in [0.717, 1.165) is 28.2 Å². The molecule has 4 heteroatoms. The number of nitrogens with zero attached hydrogens (tertiary/aromatic N) is 2. The molecule has 0 aliphatic carbocycles. The Kier molecular flexibility index (Phi) is 2.41. The molecule has 0 saturated carbocycles. The number of nitrogen functional groups attached to an aromatic ring is 1. The van der Waals surface area contributed by atoms with Crippen molar-refractivity contribution in [3.05, 3.63) is 48.8 Å². The lowest BCUT2D eigenvalue weighted by atomic mass is 10.3. The zero-order chi connectivity index (χ0) is 12.5. The van der Waals surface area contributed by atoms with Crippen LogP contribution in [0.1, 0.15) is 0 Å². The van der Waals surface area contributed by atoms with Crippen molar-refractivity contribution in [3.8, 4) is 11.5 Å². The van der Waals surface area contributed by atoms with Gasteiger partial charge in [0.05, 0.1) is 17.4 Å². The molecule has 3 rings (SSSR count). The average molecular weight is 239 g/mol. The fourth-order valence-corrected chi connectivity index (χ4v) is 1.85. The van der Waals surface area contributed by atoms with Crippen molar-refractivity contribution in [1.29, 1.82) is 0 Å². The molecule has 0 bridgehead atoms. The summed E-state index contributed by atoms with van der Waals surface area (Å²) in [6.07, 6.45) is 1.79. The monoisotopic (exact) mass is 239 g/mol. The molecule has 2 N–H and O–H groups in total. The maximum Gasteiger partial charge on any atom is 0.129 e. The maximum atomic E-state index is 5.75. The minimum absolute atomic E-state index is 0.725. The van der Waals surface area contributed by atoms with E-state index < -0.39 is 0 Å². The number of ether oxygens (including phenoxy) is 1. The Morgan fingerprint density at radius 3 is 2.56 bits per heavy atom. The van der Waals surface area contributed by atoms with Crippen molar-refractivity contribution in [3.63, 3.8) is 0 Å². The largest absolute Gasteiger partial charge is 0.457 e. The molecule has 90 valence electrons. The Labute approximate surface area is 105 Å². The van der Waals surface area contributed by atoms with Crippen LogP contribution in [0.2, 0.25) is 0 Å². The lowest BCUT2D eigenvalue weighted by Crippen LogP contribution is -1.87. The van der Waals surface area contributed by atoms with Crippen molar-refractivity contribution in [2.24, 2.45) is 7.05 Å². The van der Waals surface area contributed by atoms with Crippen LogP contribution >= 0.6 is 0 Å². The summed E-state index contributed by atoms with van der Waals surface area (Å²) in [5.74, 6) is 1.53. The minimum atomic E-state index is 0.725. The van der Waals surface area contributed by atoms with Crippen molar-refractivity contribution in [2.45, 2.75) is 0 Å². The normalized spacial score (nSPS) is 10.7. The van der Waals surface area contributed by atoms with Gasteiger partial charge in [-0.3, -0.25) is 0 Å². The summed E-state index contributed by atoms with van der Waals surface area (Å²) in [7, 11) is 1.97. The zero-order valence-corrected chi connectivity index (χ0v) is 10.00. The third-order valence-electron chi connectivity index (χ3n) is 2.81. The Balaban J connectivity index is 1.92. The average Bonchev–Trinajstić information content (AvgIpc) is 2.74. The number of rotatable bonds is 2. The SMILES string of the molecule is Cn1cnc2cc(Oc3ccc(N)cc3)ccc21. The van der Waals surface area contributed by atoms with E-state index in [1.807, 2.05) is 54.1 Å². The first-order valence-electron chi connectivity index (χ1n) is 5.67. The molecule has 2 aromatic carbocycles. The van der Waals surface area contributed by atoms with E-state index in [4.69, 9.17) is 10.5 Å². The van der Waals surface area contributed by atoms with Gasteiger partial charge in [0.15, 0.2) is 0 Å². The van der Waals surface area contributed by atoms with Crippen LogP contribution in [0.3, 0.4) is 0 Å². The predicted octanol–water partition coefficient (Wildman–Crippen LogP) is 2.95. The first-order valence-corrected chi connectivity index (χ1v) is 5.67. The summed E-state index contributed by atoms with van der Waals surface area (Å²) in [5, 5.41) is 0. The summed E-state index contributed by atoms with van der Waals surface area (Å²) in [5.41, 5.74) is 8.36. The summed E-state index contributed by atoms with van der Waals surface area (Å²) >= 11 is 0. The molecule has 0 unspecified atom stereocenters. The summed E-state index contributed by atoms with van der Waals surface area (Å²) in [6, 6.07) is 13.2. The lowest BCUT2D eigenvalue weighted by Gasteiger charge is -2.05. The van der Waals surface area contributed by atoms with Crippen molar-refractivity contribution < 1.29 is 4.74 Å². The quantitative estimate of drug-likeness (QED) is 0.699. The van der Waals surface area contributed by atoms with Crippen LogP contribution in [0.15, 0.2) is 48.8 Å². The Bertz CT molecular complexity index is 686. The molecule has 0 amide bonds. The number of benzene rings is 2. The van der Waals surface area contributed by atoms with Crippen molar-refractivity contribution in [2.75, 3.05) is 5.73 Å². The van der Waals surface area contributed by atoms with Crippen LogP contribution in [0.5, 0.6) is 11.5 Å². The van der Waals surface area contributed by atoms with Crippen LogP contribution < -0.4 is 10.5 Å². The molecule has 0 saturated heterocycles. The van der Waals surface area contributed by atoms with E-state index in [1.54, 1.807) is 6.33 Å². The van der Waals surface area contributed by atoms with Crippen LogP contribution in [-0.2, 0) is 7.05 Å². The van der Waals surface area contributed by atoms with Crippen LogP contribution in [0, 0.1) is 0 Å². The highest BCUT2D eigenvalue weighted by Crippen LogP contribution is 2.25. The molecule has 0 aliphatic heterocycles. The molecular formula is C14H13N3O. The highest BCUT2D eigenvalue weighted by molar-refractivity contribution is 5.77. The Morgan fingerprint density at radius 2 is 1.78 bits per heavy atom. The second-order valence-electron chi connectivity index (χ2n) is 4.18. The molecule has 3 aromatic rings. The van der Waals surface area contributed by atoms with E-state index >= 15 is 0 Å². The molecule has 0 spiro atoms. The Morgan fingerprint density at radius 1 is 1.06 bits per heavy atom. The first-order chi connectivity index (χ1) is 8.72. The smallest absolute Gasteiger partial charge is 0.129 e. The van der Waals surface area contributed by atoms with Gasteiger partial charge in [0.2, 0.25) is 0 Å². The van der Waals surface area contributed by atoms with Gasteiger partial charge >= 0.3 is 0 Å². The zero-order valence-electron chi connectivity index (χ0n) is 10.00. The highest BCUT2D eigenvalue weighted by Gasteiger charge is 2.02. The number of aromatic nitrogens is 2. The Hall–Kier alpha value is -2.49. The van der Waals surface area contributed by atoms with E-state index in [0.29, 0.717) is 0 Å². The highest BCUT2D eigenvalue weighted by atomic mass is 16.5. The van der Waals surface area contributed by atoms with Crippen LogP contribution in [0.25, 0.3) is 11.0 Å². The number of aryl methyl sites for hydroxylation is 1. The maximum absolute atomic E-state index is 5.75. The standard InChI is InChI=1S/C14H13N3O/c1-17-9-16-13-8-12(6-7-14(13)17)18-11-4-2-10(15)3-5-11/h2-9H,15H2,1H3. The third-order valence-corrected chi connectivity index (χ3v) is 2.81. The molecular weight excluding hydrogens is 226 g/mol. The topological polar surface area (TPSA) is 53.1 Å². The van der Waals surface area contributed by atoms with Crippen molar-refractivity contribution in [1.82, 2.24) is 9.55 Å². The number of hydrogen-bond donors (Lipinski definition) is 1. The lowest BCUT2D eigenvalue weighted by molar-refractivity contribution is 0.483. The number of hydrogen-bond acceptors (Lipinski definition) is 3.